The molecular formula is C16H17NO3. The Morgan fingerprint density at radius 3 is 2.30 bits per heavy atom. The fraction of sp³-hybridized carbons (Fsp3) is 0.188. The summed E-state index contributed by atoms with van der Waals surface area (Å²) in [6.45, 7) is 3.76. The summed E-state index contributed by atoms with van der Waals surface area (Å²) in [5.74, 6) is -0.594. The van der Waals surface area contributed by atoms with Crippen LogP contribution in [0.15, 0.2) is 42.5 Å². The Kier molecular flexibility index (Phi) is 3.94. The largest absolute Gasteiger partial charge is 0.506 e. The topological polar surface area (TPSA) is 69.6 Å². The van der Waals surface area contributed by atoms with Crippen molar-refractivity contribution in [3.8, 4) is 11.5 Å². The average molecular weight is 271 g/mol. The Balaban J connectivity index is 2.45. The van der Waals surface area contributed by atoms with E-state index in [4.69, 9.17) is 0 Å². The molecule has 0 aliphatic heterocycles. The molecule has 4 heteroatoms. The molecule has 0 fully saturated rings. The first-order chi connectivity index (χ1) is 9.50. The Morgan fingerprint density at radius 2 is 1.70 bits per heavy atom. The lowest BCUT2D eigenvalue weighted by Gasteiger charge is -2.15. The number of phenols is 2. The van der Waals surface area contributed by atoms with Gasteiger partial charge in [0, 0.05) is 11.6 Å². The van der Waals surface area contributed by atoms with E-state index in [1.165, 1.54) is 12.1 Å². The molecule has 0 spiro atoms. The molecule has 0 aliphatic carbocycles. The van der Waals surface area contributed by atoms with Gasteiger partial charge in [-0.1, -0.05) is 30.3 Å². The normalized spacial score (nSPS) is 10.6. The maximum atomic E-state index is 12.3. The number of hydrogen-bond donors (Lipinski definition) is 3. The smallest absolute Gasteiger partial charge is 0.196 e. The highest BCUT2D eigenvalue weighted by Gasteiger charge is 2.19. The second-order valence-corrected chi connectivity index (χ2v) is 4.85. The third-order valence-corrected chi connectivity index (χ3v) is 2.87. The van der Waals surface area contributed by atoms with Gasteiger partial charge in [0.1, 0.15) is 11.4 Å². The van der Waals surface area contributed by atoms with Gasteiger partial charge in [0.05, 0.1) is 5.56 Å². The van der Waals surface area contributed by atoms with Crippen molar-refractivity contribution in [2.24, 2.45) is 0 Å². The average Bonchev–Trinajstić information content (AvgIpc) is 2.43. The Hall–Kier alpha value is -2.49. The van der Waals surface area contributed by atoms with Gasteiger partial charge >= 0.3 is 0 Å². The van der Waals surface area contributed by atoms with Crippen molar-refractivity contribution >= 4 is 11.5 Å². The molecule has 0 bridgehead atoms. The molecule has 104 valence electrons. The molecule has 0 radical (unpaired) electrons. The fourth-order valence-electron chi connectivity index (χ4n) is 1.94. The SMILES string of the molecule is CC(C)Nc1c(O)ccc(C(=O)c2ccccc2)c1O. The van der Waals surface area contributed by atoms with Crippen molar-refractivity contribution in [3.05, 3.63) is 53.6 Å². The van der Waals surface area contributed by atoms with Crippen LogP contribution in [-0.2, 0) is 0 Å². The molecular weight excluding hydrogens is 254 g/mol. The molecule has 0 heterocycles. The van der Waals surface area contributed by atoms with Gasteiger partial charge in [0.15, 0.2) is 11.5 Å². The molecule has 0 saturated heterocycles. The number of nitrogens with one attached hydrogen (secondary N) is 1. The Morgan fingerprint density at radius 1 is 1.05 bits per heavy atom. The highest BCUT2D eigenvalue weighted by atomic mass is 16.3. The van der Waals surface area contributed by atoms with E-state index in [9.17, 15) is 15.0 Å². The minimum Gasteiger partial charge on any atom is -0.506 e. The van der Waals surface area contributed by atoms with E-state index in [0.717, 1.165) is 0 Å². The lowest BCUT2D eigenvalue weighted by molar-refractivity contribution is 0.103. The number of anilines is 1. The second-order valence-electron chi connectivity index (χ2n) is 4.85. The van der Waals surface area contributed by atoms with E-state index in [2.05, 4.69) is 5.32 Å². The molecule has 0 atom stereocenters. The predicted molar refractivity (Wildman–Crippen MR) is 78.4 cm³/mol. The van der Waals surface area contributed by atoms with Crippen LogP contribution in [0.3, 0.4) is 0 Å². The van der Waals surface area contributed by atoms with Crippen LogP contribution in [-0.4, -0.2) is 22.0 Å². The van der Waals surface area contributed by atoms with Gasteiger partial charge in [-0.3, -0.25) is 4.79 Å². The van der Waals surface area contributed by atoms with Crippen LogP contribution in [0.4, 0.5) is 5.69 Å². The minimum atomic E-state index is -0.282. The zero-order valence-corrected chi connectivity index (χ0v) is 11.4. The summed E-state index contributed by atoms with van der Waals surface area (Å²) in [4.78, 5) is 12.3. The summed E-state index contributed by atoms with van der Waals surface area (Å²) >= 11 is 0. The van der Waals surface area contributed by atoms with Crippen LogP contribution in [0.2, 0.25) is 0 Å². The van der Waals surface area contributed by atoms with E-state index in [-0.39, 0.29) is 34.6 Å². The van der Waals surface area contributed by atoms with E-state index in [0.29, 0.717) is 5.56 Å². The number of carbonyl (C=O) groups excluding carboxylic acids is 1. The monoisotopic (exact) mass is 271 g/mol. The highest BCUT2D eigenvalue weighted by molar-refractivity contribution is 6.11. The number of phenolic OH excluding ortho intramolecular Hbond substituents is 2. The summed E-state index contributed by atoms with van der Waals surface area (Å²) in [6.07, 6.45) is 0. The summed E-state index contributed by atoms with van der Waals surface area (Å²) in [6, 6.07) is 11.6. The van der Waals surface area contributed by atoms with Gasteiger partial charge in [-0.05, 0) is 26.0 Å². The molecule has 2 rings (SSSR count). The number of hydrogen-bond acceptors (Lipinski definition) is 4. The van der Waals surface area contributed by atoms with Crippen LogP contribution >= 0.6 is 0 Å². The zero-order valence-electron chi connectivity index (χ0n) is 11.4. The number of benzene rings is 2. The fourth-order valence-corrected chi connectivity index (χ4v) is 1.94. The molecule has 0 saturated carbocycles. The van der Waals surface area contributed by atoms with Crippen LogP contribution in [0.25, 0.3) is 0 Å². The van der Waals surface area contributed by atoms with Gasteiger partial charge in [-0.25, -0.2) is 0 Å². The first-order valence-corrected chi connectivity index (χ1v) is 6.42. The van der Waals surface area contributed by atoms with Crippen molar-refractivity contribution in [1.29, 1.82) is 0 Å². The van der Waals surface area contributed by atoms with Gasteiger partial charge < -0.3 is 15.5 Å². The summed E-state index contributed by atoms with van der Waals surface area (Å²) in [7, 11) is 0. The Bertz CT molecular complexity index is 621. The molecule has 20 heavy (non-hydrogen) atoms. The maximum absolute atomic E-state index is 12.3. The van der Waals surface area contributed by atoms with Crippen molar-refractivity contribution in [3.63, 3.8) is 0 Å². The highest BCUT2D eigenvalue weighted by Crippen LogP contribution is 2.37. The van der Waals surface area contributed by atoms with Crippen molar-refractivity contribution < 1.29 is 15.0 Å². The molecule has 0 aromatic heterocycles. The minimum absolute atomic E-state index is 0.0221. The van der Waals surface area contributed by atoms with Gasteiger partial charge in [-0.2, -0.15) is 0 Å². The van der Waals surface area contributed by atoms with Gasteiger partial charge in [0.25, 0.3) is 0 Å². The lowest BCUT2D eigenvalue weighted by Crippen LogP contribution is -2.11. The van der Waals surface area contributed by atoms with E-state index >= 15 is 0 Å². The zero-order chi connectivity index (χ0) is 14.7. The van der Waals surface area contributed by atoms with Crippen LogP contribution in [0.1, 0.15) is 29.8 Å². The number of rotatable bonds is 4. The molecule has 3 N–H and O–H groups in total. The molecule has 0 amide bonds. The standard InChI is InChI=1S/C16H17NO3/c1-10(2)17-14-13(18)9-8-12(16(14)20)15(19)11-6-4-3-5-7-11/h3-10,17-18,20H,1-2H3. The van der Waals surface area contributed by atoms with Crippen LogP contribution < -0.4 is 5.32 Å². The quantitative estimate of drug-likeness (QED) is 0.590. The molecule has 0 aliphatic rings. The van der Waals surface area contributed by atoms with E-state index in [1.54, 1.807) is 24.3 Å². The van der Waals surface area contributed by atoms with Gasteiger partial charge in [0.2, 0.25) is 0 Å². The van der Waals surface area contributed by atoms with Gasteiger partial charge in [-0.15, -0.1) is 0 Å². The van der Waals surface area contributed by atoms with E-state index < -0.39 is 0 Å². The number of carbonyl (C=O) groups is 1. The molecule has 0 unspecified atom stereocenters. The van der Waals surface area contributed by atoms with Crippen LogP contribution in [0, 0.1) is 0 Å². The van der Waals surface area contributed by atoms with Crippen molar-refractivity contribution in [2.75, 3.05) is 5.32 Å². The van der Waals surface area contributed by atoms with E-state index in [1.807, 2.05) is 19.9 Å². The molecule has 4 nitrogen and oxygen atoms in total. The summed E-state index contributed by atoms with van der Waals surface area (Å²) in [5, 5.41) is 22.9. The van der Waals surface area contributed by atoms with Crippen molar-refractivity contribution in [2.45, 2.75) is 19.9 Å². The third-order valence-electron chi connectivity index (χ3n) is 2.87. The number of ketones is 1. The second kappa shape index (κ2) is 5.65. The lowest BCUT2D eigenvalue weighted by atomic mass is 10.0. The third kappa shape index (κ3) is 2.74. The summed E-state index contributed by atoms with van der Waals surface area (Å²) < 4.78 is 0. The first-order valence-electron chi connectivity index (χ1n) is 6.42. The maximum Gasteiger partial charge on any atom is 0.196 e. The Labute approximate surface area is 117 Å². The molecule has 2 aromatic rings. The number of aromatic hydroxyl groups is 2. The predicted octanol–water partition coefficient (Wildman–Crippen LogP) is 3.15. The summed E-state index contributed by atoms with van der Waals surface area (Å²) in [5.41, 5.74) is 0.836. The first kappa shape index (κ1) is 13.9. The molecule has 2 aromatic carbocycles. The van der Waals surface area contributed by atoms with Crippen LogP contribution in [0.5, 0.6) is 11.5 Å². The van der Waals surface area contributed by atoms with Crippen molar-refractivity contribution in [1.82, 2.24) is 0 Å².